The lowest BCUT2D eigenvalue weighted by Crippen LogP contribution is -2.41. The number of amides is 1. The molecule has 0 atom stereocenters. The van der Waals surface area contributed by atoms with E-state index in [4.69, 9.17) is 10.4 Å². The molecule has 6 heteroatoms. The number of benzene rings is 1. The fourth-order valence-corrected chi connectivity index (χ4v) is 1.72. The van der Waals surface area contributed by atoms with Crippen molar-refractivity contribution in [2.45, 2.75) is 0 Å². The smallest absolute Gasteiger partial charge is 0.323 e. The molecule has 0 spiro atoms. The molecule has 0 saturated carbocycles. The quantitative estimate of drug-likeness (QED) is 0.768. The molecule has 0 fully saturated rings. The Morgan fingerprint density at radius 3 is 3.00 bits per heavy atom. The SMILES string of the molecule is N#Cc1ccc2c(c1)N(CC(=O)O)CC(=O)N2. The van der Waals surface area contributed by atoms with E-state index in [9.17, 15) is 9.59 Å². The number of anilines is 2. The van der Waals surface area contributed by atoms with Crippen LogP contribution in [0.25, 0.3) is 0 Å². The molecule has 1 heterocycles. The number of aliphatic carboxylic acids is 1. The van der Waals surface area contributed by atoms with E-state index < -0.39 is 5.97 Å². The Kier molecular flexibility index (Phi) is 2.66. The predicted octanol–water partition coefficient (Wildman–Crippen LogP) is 0.401. The number of carbonyl (C=O) groups excluding carboxylic acids is 1. The molecule has 0 radical (unpaired) electrons. The van der Waals surface area contributed by atoms with E-state index in [-0.39, 0.29) is 19.0 Å². The maximum absolute atomic E-state index is 11.4. The van der Waals surface area contributed by atoms with Crippen LogP contribution in [0.2, 0.25) is 0 Å². The fourth-order valence-electron chi connectivity index (χ4n) is 1.72. The zero-order chi connectivity index (χ0) is 12.4. The Hall–Kier alpha value is -2.55. The van der Waals surface area contributed by atoms with Crippen molar-refractivity contribution in [3.8, 4) is 6.07 Å². The molecule has 17 heavy (non-hydrogen) atoms. The van der Waals surface area contributed by atoms with E-state index >= 15 is 0 Å². The summed E-state index contributed by atoms with van der Waals surface area (Å²) in [4.78, 5) is 23.5. The third-order valence-electron chi connectivity index (χ3n) is 2.40. The summed E-state index contributed by atoms with van der Waals surface area (Å²) < 4.78 is 0. The Morgan fingerprint density at radius 2 is 2.35 bits per heavy atom. The van der Waals surface area contributed by atoms with Crippen molar-refractivity contribution in [1.82, 2.24) is 0 Å². The van der Waals surface area contributed by atoms with E-state index in [2.05, 4.69) is 5.32 Å². The summed E-state index contributed by atoms with van der Waals surface area (Å²) in [6, 6.07) is 6.71. The van der Waals surface area contributed by atoms with Crippen LogP contribution in [0.3, 0.4) is 0 Å². The summed E-state index contributed by atoms with van der Waals surface area (Å²) in [7, 11) is 0. The van der Waals surface area contributed by atoms with Crippen molar-refractivity contribution >= 4 is 23.3 Å². The first-order valence-corrected chi connectivity index (χ1v) is 4.91. The zero-order valence-corrected chi connectivity index (χ0v) is 8.80. The number of fused-ring (bicyclic) bond motifs is 1. The summed E-state index contributed by atoms with van der Waals surface area (Å²) in [5.41, 5.74) is 1.52. The number of nitriles is 1. The number of nitrogens with zero attached hydrogens (tertiary/aromatic N) is 2. The van der Waals surface area contributed by atoms with Crippen LogP contribution in [0.5, 0.6) is 0 Å². The highest BCUT2D eigenvalue weighted by atomic mass is 16.4. The summed E-state index contributed by atoms with van der Waals surface area (Å²) in [5.74, 6) is -1.28. The van der Waals surface area contributed by atoms with E-state index in [0.717, 1.165) is 0 Å². The number of hydrogen-bond acceptors (Lipinski definition) is 4. The monoisotopic (exact) mass is 231 g/mol. The van der Waals surface area contributed by atoms with Gasteiger partial charge in [-0.2, -0.15) is 5.26 Å². The summed E-state index contributed by atoms with van der Waals surface area (Å²) in [5, 5.41) is 20.2. The van der Waals surface area contributed by atoms with Gasteiger partial charge in [-0.05, 0) is 18.2 Å². The molecule has 0 aromatic heterocycles. The van der Waals surface area contributed by atoms with Gasteiger partial charge in [0.05, 0.1) is 29.6 Å². The van der Waals surface area contributed by atoms with Gasteiger partial charge in [0.2, 0.25) is 5.91 Å². The standard InChI is InChI=1S/C11H9N3O3/c12-4-7-1-2-8-9(3-7)14(6-11(16)17)5-10(15)13-8/h1-3H,5-6H2,(H,13,15)(H,16,17). The molecule has 2 N–H and O–H groups in total. The largest absolute Gasteiger partial charge is 0.480 e. The first-order chi connectivity index (χ1) is 8.10. The maximum atomic E-state index is 11.4. The van der Waals surface area contributed by atoms with Crippen molar-refractivity contribution in [2.24, 2.45) is 0 Å². The molecule has 0 aliphatic carbocycles. The molecular weight excluding hydrogens is 222 g/mol. The van der Waals surface area contributed by atoms with E-state index in [1.165, 1.54) is 4.90 Å². The second kappa shape index (κ2) is 4.14. The third-order valence-corrected chi connectivity index (χ3v) is 2.40. The van der Waals surface area contributed by atoms with Crippen LogP contribution >= 0.6 is 0 Å². The van der Waals surface area contributed by atoms with Crippen molar-refractivity contribution in [3.63, 3.8) is 0 Å². The molecule has 1 aliphatic heterocycles. The second-order valence-electron chi connectivity index (χ2n) is 3.64. The average molecular weight is 231 g/mol. The average Bonchev–Trinajstić information content (AvgIpc) is 2.27. The van der Waals surface area contributed by atoms with Crippen LogP contribution in [0, 0.1) is 11.3 Å². The normalized spacial score (nSPS) is 13.6. The Labute approximate surface area is 97.1 Å². The van der Waals surface area contributed by atoms with Crippen LogP contribution in [0.15, 0.2) is 18.2 Å². The van der Waals surface area contributed by atoms with Crippen LogP contribution < -0.4 is 10.2 Å². The summed E-state index contributed by atoms with van der Waals surface area (Å²) >= 11 is 0. The van der Waals surface area contributed by atoms with Crippen molar-refractivity contribution < 1.29 is 14.7 Å². The molecule has 0 bridgehead atoms. The third kappa shape index (κ3) is 2.18. The van der Waals surface area contributed by atoms with E-state index in [1.54, 1.807) is 18.2 Å². The van der Waals surface area contributed by atoms with Gasteiger partial charge in [0.25, 0.3) is 0 Å². The molecule has 6 nitrogen and oxygen atoms in total. The predicted molar refractivity (Wildman–Crippen MR) is 59.6 cm³/mol. The first kappa shape index (κ1) is 11.0. The van der Waals surface area contributed by atoms with Crippen LogP contribution in [-0.4, -0.2) is 30.1 Å². The number of carboxylic acids is 1. The minimum atomic E-state index is -1.02. The minimum absolute atomic E-state index is 0.0197. The summed E-state index contributed by atoms with van der Waals surface area (Å²) in [6.07, 6.45) is 0. The lowest BCUT2D eigenvalue weighted by Gasteiger charge is -2.29. The van der Waals surface area contributed by atoms with Crippen LogP contribution in [0.1, 0.15) is 5.56 Å². The first-order valence-electron chi connectivity index (χ1n) is 4.91. The lowest BCUT2D eigenvalue weighted by atomic mass is 10.1. The summed E-state index contributed by atoms with van der Waals surface area (Å²) in [6.45, 7) is -0.288. The van der Waals surface area contributed by atoms with Gasteiger partial charge < -0.3 is 15.3 Å². The van der Waals surface area contributed by atoms with Gasteiger partial charge in [-0.25, -0.2) is 0 Å². The zero-order valence-electron chi connectivity index (χ0n) is 8.80. The van der Waals surface area contributed by atoms with E-state index in [0.29, 0.717) is 16.9 Å². The van der Waals surface area contributed by atoms with Crippen molar-refractivity contribution in [1.29, 1.82) is 5.26 Å². The highest BCUT2D eigenvalue weighted by molar-refractivity contribution is 6.02. The molecular formula is C11H9N3O3. The van der Waals surface area contributed by atoms with Gasteiger partial charge in [0.15, 0.2) is 0 Å². The van der Waals surface area contributed by atoms with Gasteiger partial charge in [-0.15, -0.1) is 0 Å². The highest BCUT2D eigenvalue weighted by Crippen LogP contribution is 2.29. The second-order valence-corrected chi connectivity index (χ2v) is 3.64. The topological polar surface area (TPSA) is 93.4 Å². The lowest BCUT2D eigenvalue weighted by molar-refractivity contribution is -0.135. The van der Waals surface area contributed by atoms with Gasteiger partial charge in [-0.3, -0.25) is 9.59 Å². The fraction of sp³-hybridized carbons (Fsp3) is 0.182. The van der Waals surface area contributed by atoms with Crippen molar-refractivity contribution in [2.75, 3.05) is 23.3 Å². The minimum Gasteiger partial charge on any atom is -0.480 e. The Balaban J connectivity index is 2.42. The molecule has 1 amide bonds. The number of carboxylic acid groups (broad SMARTS) is 1. The number of rotatable bonds is 2. The number of hydrogen-bond donors (Lipinski definition) is 2. The van der Waals surface area contributed by atoms with Crippen LogP contribution in [0.4, 0.5) is 11.4 Å². The van der Waals surface area contributed by atoms with Gasteiger partial charge >= 0.3 is 5.97 Å². The molecule has 0 saturated heterocycles. The number of nitrogens with one attached hydrogen (secondary N) is 1. The number of carbonyl (C=O) groups is 2. The van der Waals surface area contributed by atoms with Crippen LogP contribution in [-0.2, 0) is 9.59 Å². The maximum Gasteiger partial charge on any atom is 0.323 e. The Morgan fingerprint density at radius 1 is 1.59 bits per heavy atom. The van der Waals surface area contributed by atoms with Gasteiger partial charge in [-0.1, -0.05) is 0 Å². The highest BCUT2D eigenvalue weighted by Gasteiger charge is 2.23. The molecule has 1 aliphatic rings. The molecule has 1 aromatic carbocycles. The molecule has 86 valence electrons. The van der Waals surface area contributed by atoms with Gasteiger partial charge in [0, 0.05) is 0 Å². The molecule has 2 rings (SSSR count). The Bertz CT molecular complexity index is 533. The van der Waals surface area contributed by atoms with E-state index in [1.807, 2.05) is 6.07 Å². The molecule has 1 aromatic rings. The van der Waals surface area contributed by atoms with Gasteiger partial charge in [0.1, 0.15) is 6.54 Å². The van der Waals surface area contributed by atoms with Crippen molar-refractivity contribution in [3.05, 3.63) is 23.8 Å². The molecule has 0 unspecified atom stereocenters.